The standard InChI is InChI=1S/C26H21ClO4/c1-26(2,3)18-8-4-16(5-9-18)14-23-24(28)21-13-12-20(15-22(21)31-23)30-25(29)17-6-10-19(27)11-7-17/h4-15H,1-3H3. The van der Waals surface area contributed by atoms with Crippen LogP contribution in [0.2, 0.25) is 5.02 Å². The molecule has 3 aromatic carbocycles. The normalized spacial score (nSPS) is 14.3. The number of rotatable bonds is 3. The fourth-order valence-corrected chi connectivity index (χ4v) is 3.34. The molecule has 0 atom stereocenters. The molecule has 1 heterocycles. The van der Waals surface area contributed by atoms with E-state index in [-0.39, 0.29) is 17.0 Å². The van der Waals surface area contributed by atoms with Crippen molar-refractivity contribution < 1.29 is 19.1 Å². The van der Waals surface area contributed by atoms with Crippen molar-refractivity contribution in [1.82, 2.24) is 0 Å². The van der Waals surface area contributed by atoms with Crippen LogP contribution < -0.4 is 9.47 Å². The van der Waals surface area contributed by atoms with Gasteiger partial charge in [-0.1, -0.05) is 56.6 Å². The van der Waals surface area contributed by atoms with Gasteiger partial charge in [-0.15, -0.1) is 0 Å². The number of carbonyl (C=O) groups is 2. The summed E-state index contributed by atoms with van der Waals surface area (Å²) in [6, 6.07) is 19.2. The molecular formula is C26H21ClO4. The predicted molar refractivity (Wildman–Crippen MR) is 121 cm³/mol. The Kier molecular flexibility index (Phi) is 5.42. The molecule has 0 aromatic heterocycles. The Balaban J connectivity index is 1.52. The Morgan fingerprint density at radius 1 is 0.968 bits per heavy atom. The third kappa shape index (κ3) is 4.54. The summed E-state index contributed by atoms with van der Waals surface area (Å²) < 4.78 is 11.2. The second kappa shape index (κ2) is 8.05. The number of esters is 1. The summed E-state index contributed by atoms with van der Waals surface area (Å²) in [6.45, 7) is 6.45. The molecule has 4 rings (SSSR count). The van der Waals surface area contributed by atoms with Gasteiger partial charge in [-0.25, -0.2) is 4.79 Å². The average Bonchev–Trinajstić information content (AvgIpc) is 3.03. The van der Waals surface area contributed by atoms with Crippen LogP contribution in [0.25, 0.3) is 6.08 Å². The molecule has 5 heteroatoms. The van der Waals surface area contributed by atoms with E-state index in [1.54, 1.807) is 48.5 Å². The van der Waals surface area contributed by atoms with Gasteiger partial charge in [0.1, 0.15) is 11.5 Å². The summed E-state index contributed by atoms with van der Waals surface area (Å²) in [5.74, 6) is 0.173. The van der Waals surface area contributed by atoms with Crippen LogP contribution in [0.4, 0.5) is 0 Å². The van der Waals surface area contributed by atoms with E-state index in [1.807, 2.05) is 24.3 Å². The molecule has 0 N–H and O–H groups in total. The summed E-state index contributed by atoms with van der Waals surface area (Å²) in [5, 5.41) is 0.536. The van der Waals surface area contributed by atoms with E-state index < -0.39 is 5.97 Å². The van der Waals surface area contributed by atoms with Gasteiger partial charge in [-0.05, 0) is 59.0 Å². The molecule has 0 spiro atoms. The zero-order chi connectivity index (χ0) is 22.2. The second-order valence-electron chi connectivity index (χ2n) is 8.37. The minimum Gasteiger partial charge on any atom is -0.452 e. The first kappa shape index (κ1) is 20.9. The van der Waals surface area contributed by atoms with Crippen LogP contribution in [0, 0.1) is 0 Å². The van der Waals surface area contributed by atoms with E-state index in [2.05, 4.69) is 20.8 Å². The average molecular weight is 433 g/mol. The van der Waals surface area contributed by atoms with Crippen molar-refractivity contribution in [2.75, 3.05) is 0 Å². The number of allylic oxidation sites excluding steroid dienone is 1. The van der Waals surface area contributed by atoms with Crippen molar-refractivity contribution in [2.24, 2.45) is 0 Å². The quantitative estimate of drug-likeness (QED) is 0.270. The van der Waals surface area contributed by atoms with E-state index >= 15 is 0 Å². The molecule has 0 aliphatic carbocycles. The number of Topliss-reactive ketones (excluding diaryl/α,β-unsaturated/α-hetero) is 1. The number of hydrogen-bond donors (Lipinski definition) is 0. The Morgan fingerprint density at radius 2 is 1.65 bits per heavy atom. The van der Waals surface area contributed by atoms with Crippen molar-refractivity contribution in [1.29, 1.82) is 0 Å². The smallest absolute Gasteiger partial charge is 0.343 e. The topological polar surface area (TPSA) is 52.6 Å². The highest BCUT2D eigenvalue weighted by Gasteiger charge is 2.28. The van der Waals surface area contributed by atoms with E-state index in [1.165, 1.54) is 5.56 Å². The molecule has 0 saturated carbocycles. The predicted octanol–water partition coefficient (Wildman–Crippen LogP) is 6.47. The molecule has 0 amide bonds. The molecule has 31 heavy (non-hydrogen) atoms. The molecule has 3 aromatic rings. The molecule has 1 aliphatic heterocycles. The number of fused-ring (bicyclic) bond motifs is 1. The van der Waals surface area contributed by atoms with Crippen molar-refractivity contribution in [3.63, 3.8) is 0 Å². The maximum Gasteiger partial charge on any atom is 0.343 e. The lowest BCUT2D eigenvalue weighted by molar-refractivity contribution is 0.0734. The van der Waals surface area contributed by atoms with E-state index in [9.17, 15) is 9.59 Å². The highest BCUT2D eigenvalue weighted by Crippen LogP contribution is 2.35. The third-order valence-electron chi connectivity index (χ3n) is 5.01. The Hall–Kier alpha value is -3.37. The van der Waals surface area contributed by atoms with Crippen molar-refractivity contribution in [3.8, 4) is 11.5 Å². The van der Waals surface area contributed by atoms with Crippen LogP contribution >= 0.6 is 11.6 Å². The minimum absolute atomic E-state index is 0.0570. The third-order valence-corrected chi connectivity index (χ3v) is 5.26. The zero-order valence-electron chi connectivity index (χ0n) is 17.4. The van der Waals surface area contributed by atoms with E-state index in [0.717, 1.165) is 5.56 Å². The molecule has 1 aliphatic rings. The maximum absolute atomic E-state index is 12.7. The lowest BCUT2D eigenvalue weighted by Gasteiger charge is -2.18. The van der Waals surface area contributed by atoms with Gasteiger partial charge >= 0.3 is 5.97 Å². The maximum atomic E-state index is 12.7. The number of ether oxygens (including phenoxy) is 2. The van der Waals surface area contributed by atoms with Crippen LogP contribution in [-0.4, -0.2) is 11.8 Å². The molecule has 4 nitrogen and oxygen atoms in total. The van der Waals surface area contributed by atoms with Crippen LogP contribution in [0.3, 0.4) is 0 Å². The summed E-state index contributed by atoms with van der Waals surface area (Å²) in [5.41, 5.74) is 2.95. The van der Waals surface area contributed by atoms with Crippen molar-refractivity contribution in [3.05, 3.63) is 99.8 Å². The first-order valence-electron chi connectivity index (χ1n) is 9.87. The number of ketones is 1. The van der Waals surface area contributed by atoms with Gasteiger partial charge in [0.2, 0.25) is 5.78 Å². The molecule has 0 fully saturated rings. The van der Waals surface area contributed by atoms with Crippen LogP contribution in [0.15, 0.2) is 72.5 Å². The first-order chi connectivity index (χ1) is 14.7. The Labute approximate surface area is 186 Å². The number of halogens is 1. The van der Waals surface area contributed by atoms with Crippen molar-refractivity contribution in [2.45, 2.75) is 26.2 Å². The van der Waals surface area contributed by atoms with Gasteiger partial charge in [0.15, 0.2) is 5.76 Å². The minimum atomic E-state index is -0.518. The molecular weight excluding hydrogens is 412 g/mol. The highest BCUT2D eigenvalue weighted by molar-refractivity contribution is 6.30. The fourth-order valence-electron chi connectivity index (χ4n) is 3.21. The molecule has 0 radical (unpaired) electrons. The zero-order valence-corrected chi connectivity index (χ0v) is 18.2. The molecule has 0 saturated heterocycles. The second-order valence-corrected chi connectivity index (χ2v) is 8.80. The Morgan fingerprint density at radius 3 is 2.29 bits per heavy atom. The van der Waals surface area contributed by atoms with E-state index in [4.69, 9.17) is 21.1 Å². The van der Waals surface area contributed by atoms with E-state index in [0.29, 0.717) is 27.6 Å². The largest absolute Gasteiger partial charge is 0.452 e. The summed E-state index contributed by atoms with van der Waals surface area (Å²) in [6.07, 6.45) is 1.72. The van der Waals surface area contributed by atoms with Crippen LogP contribution in [0.1, 0.15) is 52.6 Å². The van der Waals surface area contributed by atoms with Crippen LogP contribution in [0.5, 0.6) is 11.5 Å². The Bertz CT molecular complexity index is 1180. The fraction of sp³-hybridized carbons (Fsp3) is 0.154. The monoisotopic (exact) mass is 432 g/mol. The van der Waals surface area contributed by atoms with Gasteiger partial charge < -0.3 is 9.47 Å². The summed E-state index contributed by atoms with van der Waals surface area (Å²) in [4.78, 5) is 25.0. The first-order valence-corrected chi connectivity index (χ1v) is 10.2. The van der Waals surface area contributed by atoms with Gasteiger partial charge in [0, 0.05) is 11.1 Å². The lowest BCUT2D eigenvalue weighted by atomic mass is 9.86. The van der Waals surface area contributed by atoms with Crippen LogP contribution in [-0.2, 0) is 5.41 Å². The van der Waals surface area contributed by atoms with Gasteiger partial charge in [0.05, 0.1) is 11.1 Å². The van der Waals surface area contributed by atoms with Gasteiger partial charge in [-0.3, -0.25) is 4.79 Å². The van der Waals surface area contributed by atoms with Crippen molar-refractivity contribution >= 4 is 29.4 Å². The summed E-state index contributed by atoms with van der Waals surface area (Å²) >= 11 is 5.85. The van der Waals surface area contributed by atoms with Gasteiger partial charge in [0.25, 0.3) is 0 Å². The van der Waals surface area contributed by atoms with Gasteiger partial charge in [-0.2, -0.15) is 0 Å². The lowest BCUT2D eigenvalue weighted by Crippen LogP contribution is -2.10. The number of benzene rings is 3. The highest BCUT2D eigenvalue weighted by atomic mass is 35.5. The summed E-state index contributed by atoms with van der Waals surface area (Å²) in [7, 11) is 0. The number of hydrogen-bond acceptors (Lipinski definition) is 4. The SMILES string of the molecule is CC(C)(C)c1ccc(C=C2Oc3cc(OC(=O)c4ccc(Cl)cc4)ccc3C2=O)cc1. The molecule has 156 valence electrons. The molecule has 0 bridgehead atoms. The molecule has 0 unspecified atom stereocenters. The number of carbonyl (C=O) groups excluding carboxylic acids is 2.